The van der Waals surface area contributed by atoms with Crippen LogP contribution in [0.4, 0.5) is 5.69 Å². The van der Waals surface area contributed by atoms with Crippen LogP contribution in [0.3, 0.4) is 0 Å². The van der Waals surface area contributed by atoms with E-state index in [1.807, 2.05) is 32.0 Å². The Morgan fingerprint density at radius 1 is 1.08 bits per heavy atom. The highest BCUT2D eigenvalue weighted by Gasteiger charge is 2.19. The van der Waals surface area contributed by atoms with E-state index in [9.17, 15) is 0 Å². The Balaban J connectivity index is 1.94. The molecule has 0 bridgehead atoms. The molecule has 0 spiro atoms. The summed E-state index contributed by atoms with van der Waals surface area (Å²) >= 11 is 0. The van der Waals surface area contributed by atoms with Gasteiger partial charge in [0.25, 0.3) is 0 Å². The molecule has 6 nitrogen and oxygen atoms in total. The number of H-pyrrole nitrogens is 1. The van der Waals surface area contributed by atoms with Gasteiger partial charge in [-0.05, 0) is 26.0 Å². The van der Waals surface area contributed by atoms with Gasteiger partial charge in [-0.25, -0.2) is 4.98 Å². The molecule has 0 aliphatic rings. The fraction of sp³-hybridized carbons (Fsp3) is 0.556. The zero-order chi connectivity index (χ0) is 17.6. The number of aromatic nitrogens is 3. The van der Waals surface area contributed by atoms with Crippen LogP contribution in [0.1, 0.15) is 46.3 Å². The van der Waals surface area contributed by atoms with E-state index in [2.05, 4.69) is 41.3 Å². The van der Waals surface area contributed by atoms with Crippen LogP contribution in [0.2, 0.25) is 0 Å². The summed E-state index contributed by atoms with van der Waals surface area (Å²) in [6, 6.07) is 5.90. The molecule has 1 aromatic heterocycles. The summed E-state index contributed by atoms with van der Waals surface area (Å²) in [5, 5.41) is 10.7. The van der Waals surface area contributed by atoms with E-state index >= 15 is 0 Å². The fourth-order valence-electron chi connectivity index (χ4n) is 2.23. The maximum Gasteiger partial charge on any atom is 0.163 e. The average molecular weight is 332 g/mol. The summed E-state index contributed by atoms with van der Waals surface area (Å²) in [6.45, 7) is 12.2. The van der Waals surface area contributed by atoms with Crippen LogP contribution in [0, 0.1) is 0 Å². The van der Waals surface area contributed by atoms with Crippen LogP contribution in [-0.2, 0) is 11.8 Å². The van der Waals surface area contributed by atoms with Gasteiger partial charge < -0.3 is 14.8 Å². The van der Waals surface area contributed by atoms with Crippen molar-refractivity contribution in [2.45, 2.75) is 46.5 Å². The van der Waals surface area contributed by atoms with Gasteiger partial charge in [0.1, 0.15) is 5.82 Å². The summed E-state index contributed by atoms with van der Waals surface area (Å²) in [6.07, 6.45) is 0.778. The SMILES string of the molecule is CCOc1ccc(NCCc2nc(C(C)(C)C)n[nH]2)cc1OCC. The van der Waals surface area contributed by atoms with Crippen molar-refractivity contribution in [1.29, 1.82) is 0 Å². The average Bonchev–Trinajstić information content (AvgIpc) is 2.99. The molecule has 0 atom stereocenters. The standard InChI is InChI=1S/C18H28N4O2/c1-6-23-14-9-8-13(12-15(14)24-7-2)19-11-10-16-20-17(22-21-16)18(3,4)5/h8-9,12,19H,6-7,10-11H2,1-5H3,(H,20,21,22). The van der Waals surface area contributed by atoms with Crippen molar-refractivity contribution in [3.63, 3.8) is 0 Å². The topological polar surface area (TPSA) is 72.1 Å². The van der Waals surface area contributed by atoms with Gasteiger partial charge in [-0.15, -0.1) is 0 Å². The molecule has 2 N–H and O–H groups in total. The molecular weight excluding hydrogens is 304 g/mol. The van der Waals surface area contributed by atoms with Crippen LogP contribution in [0.25, 0.3) is 0 Å². The zero-order valence-electron chi connectivity index (χ0n) is 15.3. The van der Waals surface area contributed by atoms with Gasteiger partial charge >= 0.3 is 0 Å². The first-order valence-corrected chi connectivity index (χ1v) is 8.49. The maximum absolute atomic E-state index is 5.64. The minimum absolute atomic E-state index is 0.0380. The summed E-state index contributed by atoms with van der Waals surface area (Å²) in [4.78, 5) is 4.55. The molecule has 0 aliphatic carbocycles. The number of aromatic amines is 1. The molecule has 0 aliphatic heterocycles. The van der Waals surface area contributed by atoms with Crippen molar-refractivity contribution in [3.8, 4) is 11.5 Å². The largest absolute Gasteiger partial charge is 0.490 e. The van der Waals surface area contributed by atoms with Crippen molar-refractivity contribution in [3.05, 3.63) is 29.8 Å². The van der Waals surface area contributed by atoms with E-state index in [4.69, 9.17) is 9.47 Å². The molecular formula is C18H28N4O2. The number of anilines is 1. The molecule has 1 heterocycles. The molecule has 132 valence electrons. The number of benzene rings is 1. The normalized spacial score (nSPS) is 11.4. The Morgan fingerprint density at radius 3 is 2.42 bits per heavy atom. The molecule has 6 heteroatoms. The number of hydrogen-bond acceptors (Lipinski definition) is 5. The second-order valence-corrected chi connectivity index (χ2v) is 6.56. The Hall–Kier alpha value is -2.24. The summed E-state index contributed by atoms with van der Waals surface area (Å²) in [5.74, 6) is 3.27. The first-order valence-electron chi connectivity index (χ1n) is 8.49. The van der Waals surface area contributed by atoms with Gasteiger partial charge in [-0.1, -0.05) is 20.8 Å². The van der Waals surface area contributed by atoms with E-state index in [1.54, 1.807) is 0 Å². The van der Waals surface area contributed by atoms with Gasteiger partial charge in [0.2, 0.25) is 0 Å². The van der Waals surface area contributed by atoms with E-state index in [-0.39, 0.29) is 5.41 Å². The Kier molecular flexibility index (Phi) is 6.06. The zero-order valence-corrected chi connectivity index (χ0v) is 15.3. The minimum Gasteiger partial charge on any atom is -0.490 e. The molecule has 0 radical (unpaired) electrons. The lowest BCUT2D eigenvalue weighted by Gasteiger charge is -2.13. The Bertz CT molecular complexity index is 647. The minimum atomic E-state index is -0.0380. The van der Waals surface area contributed by atoms with Crippen LogP contribution in [0.5, 0.6) is 11.5 Å². The lowest BCUT2D eigenvalue weighted by atomic mass is 9.96. The summed E-state index contributed by atoms with van der Waals surface area (Å²) < 4.78 is 11.2. The highest BCUT2D eigenvalue weighted by atomic mass is 16.5. The maximum atomic E-state index is 5.64. The van der Waals surface area contributed by atoms with Gasteiger partial charge in [0, 0.05) is 30.1 Å². The molecule has 2 rings (SSSR count). The first-order chi connectivity index (χ1) is 11.4. The Morgan fingerprint density at radius 2 is 1.79 bits per heavy atom. The van der Waals surface area contributed by atoms with Crippen molar-refractivity contribution in [2.24, 2.45) is 0 Å². The highest BCUT2D eigenvalue weighted by molar-refractivity contribution is 5.54. The molecule has 2 aromatic rings. The molecule has 0 amide bonds. The van der Waals surface area contributed by atoms with E-state index in [0.717, 1.165) is 41.8 Å². The van der Waals surface area contributed by atoms with Crippen LogP contribution in [0.15, 0.2) is 18.2 Å². The number of rotatable bonds is 8. The third-order valence-corrected chi connectivity index (χ3v) is 3.44. The van der Waals surface area contributed by atoms with Gasteiger partial charge in [0.15, 0.2) is 17.3 Å². The van der Waals surface area contributed by atoms with E-state index in [0.29, 0.717) is 13.2 Å². The van der Waals surface area contributed by atoms with Crippen LogP contribution < -0.4 is 14.8 Å². The highest BCUT2D eigenvalue weighted by Crippen LogP contribution is 2.30. The van der Waals surface area contributed by atoms with Gasteiger partial charge in [-0.3, -0.25) is 5.10 Å². The lowest BCUT2D eigenvalue weighted by molar-refractivity contribution is 0.288. The number of hydrogen-bond donors (Lipinski definition) is 2. The summed E-state index contributed by atoms with van der Waals surface area (Å²) in [5.41, 5.74) is 0.960. The first kappa shape index (κ1) is 18.1. The molecule has 0 unspecified atom stereocenters. The van der Waals surface area contributed by atoms with E-state index in [1.165, 1.54) is 0 Å². The Labute approximate surface area is 144 Å². The summed E-state index contributed by atoms with van der Waals surface area (Å²) in [7, 11) is 0. The second kappa shape index (κ2) is 8.04. The molecule has 0 saturated heterocycles. The number of ether oxygens (including phenoxy) is 2. The van der Waals surface area contributed by atoms with Gasteiger partial charge in [0.05, 0.1) is 13.2 Å². The third kappa shape index (κ3) is 4.88. The predicted molar refractivity (Wildman–Crippen MR) is 96.1 cm³/mol. The predicted octanol–water partition coefficient (Wildman–Crippen LogP) is 3.55. The second-order valence-electron chi connectivity index (χ2n) is 6.56. The molecule has 0 fully saturated rings. The smallest absolute Gasteiger partial charge is 0.163 e. The van der Waals surface area contributed by atoms with Crippen molar-refractivity contribution in [1.82, 2.24) is 15.2 Å². The van der Waals surface area contributed by atoms with Crippen molar-refractivity contribution >= 4 is 5.69 Å². The quantitative estimate of drug-likeness (QED) is 0.773. The van der Waals surface area contributed by atoms with Crippen LogP contribution in [-0.4, -0.2) is 34.9 Å². The number of nitrogens with zero attached hydrogens (tertiary/aromatic N) is 2. The van der Waals surface area contributed by atoms with Crippen molar-refractivity contribution in [2.75, 3.05) is 25.1 Å². The number of nitrogens with one attached hydrogen (secondary N) is 2. The van der Waals surface area contributed by atoms with E-state index < -0.39 is 0 Å². The third-order valence-electron chi connectivity index (χ3n) is 3.44. The molecule has 0 saturated carbocycles. The molecule has 24 heavy (non-hydrogen) atoms. The molecule has 1 aromatic carbocycles. The van der Waals surface area contributed by atoms with Gasteiger partial charge in [-0.2, -0.15) is 5.10 Å². The van der Waals surface area contributed by atoms with Crippen molar-refractivity contribution < 1.29 is 9.47 Å². The fourth-order valence-corrected chi connectivity index (χ4v) is 2.23. The van der Waals surface area contributed by atoms with Crippen LogP contribution >= 0.6 is 0 Å². The monoisotopic (exact) mass is 332 g/mol. The lowest BCUT2D eigenvalue weighted by Crippen LogP contribution is -2.13.